The Labute approximate surface area is 148 Å². The van der Waals surface area contributed by atoms with Crippen molar-refractivity contribution in [2.45, 2.75) is 70.3 Å². The highest BCUT2D eigenvalue weighted by Crippen LogP contribution is 2.28. The van der Waals surface area contributed by atoms with Gasteiger partial charge in [-0.25, -0.2) is 0 Å². The summed E-state index contributed by atoms with van der Waals surface area (Å²) in [4.78, 5) is 12.6. The number of rotatable bonds is 7. The molecule has 1 aliphatic carbocycles. The Hall–Kier alpha value is -1.35. The van der Waals surface area contributed by atoms with Gasteiger partial charge in [0.2, 0.25) is 0 Å². The number of allylic oxidation sites excluding steroid dienone is 1. The summed E-state index contributed by atoms with van der Waals surface area (Å²) in [7, 11) is -1.03. The first-order valence-electron chi connectivity index (χ1n) is 9.46. The fourth-order valence-corrected chi connectivity index (χ4v) is 4.30. The molecule has 0 bridgehead atoms. The molecule has 2 nitrogen and oxygen atoms in total. The van der Waals surface area contributed by atoms with Crippen LogP contribution in [0.1, 0.15) is 48.9 Å². The maximum atomic E-state index is 12.6. The summed E-state index contributed by atoms with van der Waals surface area (Å²) in [5.41, 5.74) is 0.768. The van der Waals surface area contributed by atoms with E-state index in [1.54, 1.807) is 0 Å². The molecule has 2 rings (SSSR count). The minimum atomic E-state index is -1.03. The lowest BCUT2D eigenvalue weighted by atomic mass is 9.82. The minimum Gasteiger partial charge on any atom is -0.349 e. The van der Waals surface area contributed by atoms with E-state index in [0.717, 1.165) is 12.0 Å². The van der Waals surface area contributed by atoms with E-state index in [-0.39, 0.29) is 11.9 Å². The molecule has 1 N–H and O–H groups in total. The molecule has 1 aromatic rings. The van der Waals surface area contributed by atoms with Gasteiger partial charge in [-0.1, -0.05) is 69.3 Å². The van der Waals surface area contributed by atoms with Gasteiger partial charge in [-0.15, -0.1) is 0 Å². The van der Waals surface area contributed by atoms with Gasteiger partial charge in [-0.05, 0) is 43.4 Å². The van der Waals surface area contributed by atoms with Crippen LogP contribution in [0.2, 0.25) is 25.7 Å². The van der Waals surface area contributed by atoms with Crippen molar-refractivity contribution in [1.29, 1.82) is 0 Å². The van der Waals surface area contributed by atoms with Crippen LogP contribution >= 0.6 is 0 Å². The number of nitrogens with one attached hydrogen (secondary N) is 1. The Morgan fingerprint density at radius 1 is 1.12 bits per heavy atom. The Balaban J connectivity index is 1.98. The molecule has 1 saturated carbocycles. The van der Waals surface area contributed by atoms with Crippen molar-refractivity contribution in [3.63, 3.8) is 0 Å². The first-order valence-corrected chi connectivity index (χ1v) is 13.2. The number of hydrogen-bond acceptors (Lipinski definition) is 1. The number of amides is 1. The van der Waals surface area contributed by atoms with E-state index in [4.69, 9.17) is 0 Å². The van der Waals surface area contributed by atoms with E-state index < -0.39 is 8.07 Å². The first kappa shape index (κ1) is 19.0. The van der Waals surface area contributed by atoms with Gasteiger partial charge in [0.25, 0.3) is 5.91 Å². The molecule has 132 valence electrons. The predicted molar refractivity (Wildman–Crippen MR) is 106 cm³/mol. The van der Waals surface area contributed by atoms with Crippen LogP contribution in [0.3, 0.4) is 0 Å². The van der Waals surface area contributed by atoms with Gasteiger partial charge in [0.05, 0.1) is 0 Å². The molecular formula is C21H33NOSi. The van der Waals surface area contributed by atoms with E-state index >= 15 is 0 Å². The van der Waals surface area contributed by atoms with E-state index in [0.29, 0.717) is 5.92 Å². The molecule has 24 heavy (non-hydrogen) atoms. The zero-order valence-corrected chi connectivity index (χ0v) is 16.6. The van der Waals surface area contributed by atoms with Crippen LogP contribution in [0, 0.1) is 5.92 Å². The van der Waals surface area contributed by atoms with E-state index in [1.165, 1.54) is 38.1 Å². The lowest BCUT2D eigenvalue weighted by Crippen LogP contribution is -2.40. The second-order valence-electron chi connectivity index (χ2n) is 8.32. The molecule has 0 aliphatic heterocycles. The molecule has 1 atom stereocenters. The average molecular weight is 344 g/mol. The summed E-state index contributed by atoms with van der Waals surface area (Å²) in [6, 6.07) is 11.1. The third-order valence-electron chi connectivity index (χ3n) is 4.86. The molecular weight excluding hydrogens is 310 g/mol. The number of hydrogen-bond donors (Lipinski definition) is 1. The van der Waals surface area contributed by atoms with Crippen molar-refractivity contribution in [3.8, 4) is 0 Å². The molecule has 1 fully saturated rings. The summed E-state index contributed by atoms with van der Waals surface area (Å²) in [5.74, 6) is 0.702. The van der Waals surface area contributed by atoms with Crippen LogP contribution in [0.15, 0.2) is 42.5 Å². The second kappa shape index (κ2) is 9.21. The molecule has 0 aromatic heterocycles. The summed E-state index contributed by atoms with van der Waals surface area (Å²) >= 11 is 0. The molecule has 0 saturated heterocycles. The molecule has 1 unspecified atom stereocenters. The van der Waals surface area contributed by atoms with Crippen LogP contribution in [-0.4, -0.2) is 20.0 Å². The van der Waals surface area contributed by atoms with E-state index in [1.807, 2.05) is 30.3 Å². The highest BCUT2D eigenvalue weighted by Gasteiger charge is 2.24. The number of benzene rings is 1. The SMILES string of the molecule is C[Si](C)(C)C/C=C/CC(NC(=O)c1ccccc1)C1CCCCC1. The van der Waals surface area contributed by atoms with Gasteiger partial charge < -0.3 is 5.32 Å². The van der Waals surface area contributed by atoms with Crippen molar-refractivity contribution in [2.24, 2.45) is 5.92 Å². The van der Waals surface area contributed by atoms with Gasteiger partial charge in [-0.3, -0.25) is 4.79 Å². The largest absolute Gasteiger partial charge is 0.349 e. The zero-order chi connectivity index (χ0) is 17.4. The second-order valence-corrected chi connectivity index (χ2v) is 13.8. The Morgan fingerprint density at radius 3 is 2.42 bits per heavy atom. The molecule has 3 heteroatoms. The molecule has 1 aliphatic rings. The summed E-state index contributed by atoms with van der Waals surface area (Å²) in [5, 5.41) is 3.32. The van der Waals surface area contributed by atoms with Crippen molar-refractivity contribution in [2.75, 3.05) is 0 Å². The molecule has 0 radical (unpaired) electrons. The monoisotopic (exact) mass is 343 g/mol. The molecule has 0 spiro atoms. The van der Waals surface area contributed by atoms with Gasteiger partial charge in [0, 0.05) is 19.7 Å². The standard InChI is InChI=1S/C21H33NOSi/c1-24(2,3)17-11-10-16-20(18-12-6-4-7-13-18)22-21(23)19-14-8-5-9-15-19/h5,8-11,14-15,18,20H,4,6-7,12-13,16-17H2,1-3H3,(H,22,23)/b11-10+. The summed E-state index contributed by atoms with van der Waals surface area (Å²) < 4.78 is 0. The minimum absolute atomic E-state index is 0.0739. The van der Waals surface area contributed by atoms with Crippen molar-refractivity contribution >= 4 is 14.0 Å². The quantitative estimate of drug-likeness (QED) is 0.503. The maximum Gasteiger partial charge on any atom is 0.251 e. The predicted octanol–water partition coefficient (Wildman–Crippen LogP) is 5.65. The Kier molecular flexibility index (Phi) is 7.29. The van der Waals surface area contributed by atoms with Crippen LogP contribution in [0.4, 0.5) is 0 Å². The van der Waals surface area contributed by atoms with Gasteiger partial charge >= 0.3 is 0 Å². The van der Waals surface area contributed by atoms with Gasteiger partial charge in [0.15, 0.2) is 0 Å². The van der Waals surface area contributed by atoms with Crippen molar-refractivity contribution in [3.05, 3.63) is 48.0 Å². The smallest absolute Gasteiger partial charge is 0.251 e. The topological polar surface area (TPSA) is 29.1 Å². The first-order chi connectivity index (χ1) is 11.5. The van der Waals surface area contributed by atoms with E-state index in [2.05, 4.69) is 37.1 Å². The lowest BCUT2D eigenvalue weighted by molar-refractivity contribution is 0.0914. The van der Waals surface area contributed by atoms with Crippen molar-refractivity contribution in [1.82, 2.24) is 5.32 Å². The third kappa shape index (κ3) is 6.64. The highest BCUT2D eigenvalue weighted by molar-refractivity contribution is 6.76. The van der Waals surface area contributed by atoms with Gasteiger partial charge in [0.1, 0.15) is 0 Å². The van der Waals surface area contributed by atoms with Gasteiger partial charge in [-0.2, -0.15) is 0 Å². The van der Waals surface area contributed by atoms with E-state index in [9.17, 15) is 4.79 Å². The fourth-order valence-electron chi connectivity index (χ4n) is 3.43. The van der Waals surface area contributed by atoms with Crippen LogP contribution < -0.4 is 5.32 Å². The Bertz CT molecular complexity index is 527. The molecule has 1 amide bonds. The Morgan fingerprint density at radius 2 is 1.79 bits per heavy atom. The van der Waals surface area contributed by atoms with Crippen LogP contribution in [0.25, 0.3) is 0 Å². The zero-order valence-electron chi connectivity index (χ0n) is 15.6. The normalized spacial score (nSPS) is 17.8. The summed E-state index contributed by atoms with van der Waals surface area (Å²) in [6.45, 7) is 7.19. The molecule has 0 heterocycles. The van der Waals surface area contributed by atoms with Crippen LogP contribution in [0.5, 0.6) is 0 Å². The summed E-state index contributed by atoms with van der Waals surface area (Å²) in [6.07, 6.45) is 12.1. The fraction of sp³-hybridized carbons (Fsp3) is 0.571. The number of carbonyl (C=O) groups excluding carboxylic acids is 1. The third-order valence-corrected chi connectivity index (χ3v) is 6.32. The average Bonchev–Trinajstić information content (AvgIpc) is 2.58. The highest BCUT2D eigenvalue weighted by atomic mass is 28.3. The number of carbonyl (C=O) groups is 1. The van der Waals surface area contributed by atoms with Crippen LogP contribution in [-0.2, 0) is 0 Å². The maximum absolute atomic E-state index is 12.6. The molecule has 1 aromatic carbocycles. The van der Waals surface area contributed by atoms with Crippen molar-refractivity contribution < 1.29 is 4.79 Å². The lowest BCUT2D eigenvalue weighted by Gasteiger charge is -2.30.